The number of carbonyl (C=O) groups excluding carboxylic acids is 1. The van der Waals surface area contributed by atoms with Crippen LogP contribution in [-0.2, 0) is 0 Å². The summed E-state index contributed by atoms with van der Waals surface area (Å²) in [4.78, 5) is 16.1. The third-order valence-corrected chi connectivity index (χ3v) is 4.17. The van der Waals surface area contributed by atoms with Gasteiger partial charge in [0.05, 0.1) is 11.3 Å². The lowest BCUT2D eigenvalue weighted by Gasteiger charge is -2.16. The topological polar surface area (TPSA) is 80.0 Å². The number of rotatable bonds is 6. The number of amides is 1. The molecule has 19 heavy (non-hydrogen) atoms. The number of hydrogen-bond acceptors (Lipinski definition) is 4. The molecule has 1 aromatic heterocycles. The molecule has 0 atom stereocenters. The van der Waals surface area contributed by atoms with Crippen LogP contribution in [0.3, 0.4) is 0 Å². The summed E-state index contributed by atoms with van der Waals surface area (Å²) in [5.74, 6) is 7.67. The zero-order valence-electron chi connectivity index (χ0n) is 10.9. The van der Waals surface area contributed by atoms with Crippen molar-refractivity contribution < 1.29 is 4.79 Å². The average molecular weight is 260 g/mol. The number of nitrogens with zero attached hydrogens (tertiary/aromatic N) is 1. The van der Waals surface area contributed by atoms with Gasteiger partial charge in [-0.1, -0.05) is 0 Å². The molecule has 0 aromatic carbocycles. The second kappa shape index (κ2) is 5.17. The number of nitrogens with one attached hydrogen (secondary N) is 2. The lowest BCUT2D eigenvalue weighted by molar-refractivity contribution is 0.0944. The van der Waals surface area contributed by atoms with E-state index in [1.807, 2.05) is 0 Å². The summed E-state index contributed by atoms with van der Waals surface area (Å²) >= 11 is 0. The Morgan fingerprint density at radius 3 is 2.63 bits per heavy atom. The van der Waals surface area contributed by atoms with Crippen molar-refractivity contribution >= 4 is 11.6 Å². The third-order valence-electron chi connectivity index (χ3n) is 4.17. The Labute approximate surface area is 112 Å². The first-order valence-electron chi connectivity index (χ1n) is 6.98. The molecule has 3 rings (SSSR count). The Bertz CT molecular complexity index is 456. The number of nitrogens with two attached hydrogens (primary N) is 1. The van der Waals surface area contributed by atoms with E-state index < -0.39 is 0 Å². The van der Waals surface area contributed by atoms with Gasteiger partial charge >= 0.3 is 0 Å². The van der Waals surface area contributed by atoms with Crippen molar-refractivity contribution in [1.29, 1.82) is 0 Å². The van der Waals surface area contributed by atoms with Crippen molar-refractivity contribution in [3.63, 3.8) is 0 Å². The fraction of sp³-hybridized carbons (Fsp3) is 0.571. The molecule has 2 fully saturated rings. The van der Waals surface area contributed by atoms with Crippen LogP contribution in [0.1, 0.15) is 36.0 Å². The molecule has 2 aliphatic carbocycles. The SMILES string of the molecule is NNc1ccncc1C(=O)NCC(C1CC1)C1CC1. The molecule has 1 amide bonds. The number of hydrogen-bond donors (Lipinski definition) is 3. The Balaban J connectivity index is 1.61. The predicted molar refractivity (Wildman–Crippen MR) is 73.3 cm³/mol. The molecular formula is C14H20N4O. The van der Waals surface area contributed by atoms with Crippen molar-refractivity contribution in [3.8, 4) is 0 Å². The summed E-state index contributed by atoms with van der Waals surface area (Å²) in [7, 11) is 0. The average Bonchev–Trinajstić information content (AvgIpc) is 3.31. The first-order valence-corrected chi connectivity index (χ1v) is 6.98. The molecule has 1 heterocycles. The molecule has 5 heteroatoms. The fourth-order valence-electron chi connectivity index (χ4n) is 2.77. The maximum Gasteiger partial charge on any atom is 0.255 e. The van der Waals surface area contributed by atoms with Gasteiger partial charge in [-0.2, -0.15) is 0 Å². The highest BCUT2D eigenvalue weighted by Crippen LogP contribution is 2.48. The van der Waals surface area contributed by atoms with Crippen LogP contribution in [-0.4, -0.2) is 17.4 Å². The summed E-state index contributed by atoms with van der Waals surface area (Å²) < 4.78 is 0. The zero-order valence-corrected chi connectivity index (χ0v) is 10.9. The minimum Gasteiger partial charge on any atom is -0.352 e. The first kappa shape index (κ1) is 12.4. The van der Waals surface area contributed by atoms with E-state index in [1.165, 1.54) is 25.7 Å². The second-order valence-corrected chi connectivity index (χ2v) is 5.61. The van der Waals surface area contributed by atoms with Crippen molar-refractivity contribution in [2.75, 3.05) is 12.0 Å². The smallest absolute Gasteiger partial charge is 0.255 e. The van der Waals surface area contributed by atoms with Crippen LogP contribution in [0, 0.1) is 17.8 Å². The number of carbonyl (C=O) groups is 1. The van der Waals surface area contributed by atoms with E-state index in [9.17, 15) is 4.79 Å². The number of pyridine rings is 1. The molecule has 0 bridgehead atoms. The monoisotopic (exact) mass is 260 g/mol. The number of anilines is 1. The molecule has 0 radical (unpaired) electrons. The molecular weight excluding hydrogens is 240 g/mol. The molecule has 0 aliphatic heterocycles. The van der Waals surface area contributed by atoms with Crippen molar-refractivity contribution in [2.45, 2.75) is 25.7 Å². The summed E-state index contributed by atoms with van der Waals surface area (Å²) in [5, 5.41) is 3.04. The lowest BCUT2D eigenvalue weighted by atomic mass is 9.98. The lowest BCUT2D eigenvalue weighted by Crippen LogP contribution is -2.32. The van der Waals surface area contributed by atoms with Crippen LogP contribution in [0.25, 0.3) is 0 Å². The van der Waals surface area contributed by atoms with Gasteiger partial charge in [-0.05, 0) is 49.5 Å². The Kier molecular flexibility index (Phi) is 3.38. The summed E-state index contributed by atoms with van der Waals surface area (Å²) in [6.07, 6.45) is 8.50. The van der Waals surface area contributed by atoms with Gasteiger partial charge in [0.25, 0.3) is 5.91 Å². The highest BCUT2D eigenvalue weighted by atomic mass is 16.1. The van der Waals surface area contributed by atoms with Crippen molar-refractivity contribution in [1.82, 2.24) is 10.3 Å². The summed E-state index contributed by atoms with van der Waals surface area (Å²) in [6, 6.07) is 1.70. The van der Waals surface area contributed by atoms with Gasteiger partial charge in [-0.15, -0.1) is 0 Å². The van der Waals surface area contributed by atoms with Gasteiger partial charge in [0.15, 0.2) is 0 Å². The van der Waals surface area contributed by atoms with Crippen molar-refractivity contribution in [3.05, 3.63) is 24.0 Å². The molecule has 0 unspecified atom stereocenters. The van der Waals surface area contributed by atoms with Crippen LogP contribution in [0.15, 0.2) is 18.5 Å². The highest BCUT2D eigenvalue weighted by Gasteiger charge is 2.41. The molecule has 0 saturated heterocycles. The largest absolute Gasteiger partial charge is 0.352 e. The zero-order chi connectivity index (χ0) is 13.2. The molecule has 102 valence electrons. The van der Waals surface area contributed by atoms with E-state index in [0.717, 1.165) is 18.4 Å². The van der Waals surface area contributed by atoms with Crippen LogP contribution in [0.4, 0.5) is 5.69 Å². The minimum atomic E-state index is -0.0904. The van der Waals surface area contributed by atoms with Crippen LogP contribution in [0.5, 0.6) is 0 Å². The first-order chi connectivity index (χ1) is 9.29. The standard InChI is InChI=1S/C14H20N4O/c15-18-13-5-6-16-7-12(13)14(19)17-8-11(9-1-2-9)10-3-4-10/h5-7,9-11H,1-4,8,15H2,(H,16,18)(H,17,19). The van der Waals surface area contributed by atoms with Crippen molar-refractivity contribution in [2.24, 2.45) is 23.6 Å². The normalized spacial score (nSPS) is 18.4. The Hall–Kier alpha value is -1.62. The summed E-state index contributed by atoms with van der Waals surface area (Å²) in [5.41, 5.74) is 3.66. The van der Waals surface area contributed by atoms with Crippen LogP contribution >= 0.6 is 0 Å². The molecule has 0 spiro atoms. The molecule has 1 aromatic rings. The number of aromatic nitrogens is 1. The third kappa shape index (κ3) is 2.87. The molecule has 2 aliphatic rings. The van der Waals surface area contributed by atoms with E-state index in [2.05, 4.69) is 15.7 Å². The Morgan fingerprint density at radius 2 is 2.05 bits per heavy atom. The minimum absolute atomic E-state index is 0.0904. The highest BCUT2D eigenvalue weighted by molar-refractivity contribution is 5.99. The van der Waals surface area contributed by atoms with E-state index in [0.29, 0.717) is 17.2 Å². The number of nitrogen functional groups attached to an aromatic ring is 1. The maximum atomic E-state index is 12.2. The molecule has 5 nitrogen and oxygen atoms in total. The Morgan fingerprint density at radius 1 is 1.37 bits per heavy atom. The van der Waals surface area contributed by atoms with Gasteiger partial charge in [0, 0.05) is 18.9 Å². The van der Waals surface area contributed by atoms with Gasteiger partial charge in [0.1, 0.15) is 0 Å². The fourth-order valence-corrected chi connectivity index (χ4v) is 2.77. The van der Waals surface area contributed by atoms with E-state index in [-0.39, 0.29) is 5.91 Å². The summed E-state index contributed by atoms with van der Waals surface area (Å²) in [6.45, 7) is 0.785. The van der Waals surface area contributed by atoms with Crippen LogP contribution < -0.4 is 16.6 Å². The molecule has 2 saturated carbocycles. The molecule has 4 N–H and O–H groups in total. The van der Waals surface area contributed by atoms with E-state index in [4.69, 9.17) is 5.84 Å². The van der Waals surface area contributed by atoms with Gasteiger partial charge in [-0.25, -0.2) is 0 Å². The quantitative estimate of drug-likeness (QED) is 0.535. The van der Waals surface area contributed by atoms with E-state index in [1.54, 1.807) is 18.5 Å². The van der Waals surface area contributed by atoms with E-state index >= 15 is 0 Å². The maximum absolute atomic E-state index is 12.2. The van der Waals surface area contributed by atoms with Gasteiger partial charge in [0.2, 0.25) is 0 Å². The van der Waals surface area contributed by atoms with Gasteiger partial charge in [-0.3, -0.25) is 15.6 Å². The van der Waals surface area contributed by atoms with Gasteiger partial charge < -0.3 is 10.7 Å². The predicted octanol–water partition coefficient (Wildman–Crippen LogP) is 1.53. The van der Waals surface area contributed by atoms with Crippen LogP contribution in [0.2, 0.25) is 0 Å². The second-order valence-electron chi connectivity index (χ2n) is 5.61. The number of hydrazine groups is 1.